The molecule has 0 bridgehead atoms. The molecule has 6 heteroatoms. The molecule has 0 saturated heterocycles. The fourth-order valence-corrected chi connectivity index (χ4v) is 2.41. The Hall–Kier alpha value is -1.52. The van der Waals surface area contributed by atoms with E-state index in [1.165, 1.54) is 44.6 Å². The third-order valence-corrected chi connectivity index (χ3v) is 3.79. The summed E-state index contributed by atoms with van der Waals surface area (Å²) < 4.78 is 37.5. The average molecular weight is 333 g/mol. The molecule has 21 heavy (non-hydrogen) atoms. The van der Waals surface area contributed by atoms with Crippen molar-refractivity contribution in [2.24, 2.45) is 0 Å². The highest BCUT2D eigenvalue weighted by molar-refractivity contribution is 6.31. The van der Waals surface area contributed by atoms with E-state index in [4.69, 9.17) is 32.7 Å². The number of hydrogen-bond donors (Lipinski definition) is 0. The van der Waals surface area contributed by atoms with E-state index in [-0.39, 0.29) is 16.3 Å². The number of ether oxygens (including phenoxy) is 2. The SMILES string of the molecule is COc1cc(F)c(C(Cl)c2ccc(F)c(Cl)c2)cc1OC. The highest BCUT2D eigenvalue weighted by Crippen LogP contribution is 2.38. The van der Waals surface area contributed by atoms with Crippen LogP contribution >= 0.6 is 23.2 Å². The first-order valence-corrected chi connectivity index (χ1v) is 6.79. The summed E-state index contributed by atoms with van der Waals surface area (Å²) in [4.78, 5) is 0. The molecule has 0 aliphatic rings. The van der Waals surface area contributed by atoms with Crippen molar-refractivity contribution in [2.75, 3.05) is 14.2 Å². The Balaban J connectivity index is 2.47. The number of rotatable bonds is 4. The van der Waals surface area contributed by atoms with Gasteiger partial charge in [-0.25, -0.2) is 8.78 Å². The van der Waals surface area contributed by atoms with Crippen molar-refractivity contribution in [2.45, 2.75) is 5.38 Å². The van der Waals surface area contributed by atoms with E-state index in [0.29, 0.717) is 11.3 Å². The van der Waals surface area contributed by atoms with Crippen molar-refractivity contribution in [1.82, 2.24) is 0 Å². The van der Waals surface area contributed by atoms with Gasteiger partial charge in [-0.1, -0.05) is 17.7 Å². The molecular weight excluding hydrogens is 321 g/mol. The molecule has 2 aromatic carbocycles. The summed E-state index contributed by atoms with van der Waals surface area (Å²) in [5.74, 6) is -0.488. The van der Waals surface area contributed by atoms with Gasteiger partial charge < -0.3 is 9.47 Å². The summed E-state index contributed by atoms with van der Waals surface area (Å²) >= 11 is 12.0. The number of methoxy groups -OCH3 is 2. The maximum atomic E-state index is 14.1. The summed E-state index contributed by atoms with van der Waals surface area (Å²) in [6.45, 7) is 0. The zero-order valence-corrected chi connectivity index (χ0v) is 12.8. The van der Waals surface area contributed by atoms with Crippen molar-refractivity contribution in [1.29, 1.82) is 0 Å². The molecule has 0 radical (unpaired) electrons. The van der Waals surface area contributed by atoms with Crippen LogP contribution in [0.1, 0.15) is 16.5 Å². The van der Waals surface area contributed by atoms with Gasteiger partial charge in [0.1, 0.15) is 11.6 Å². The lowest BCUT2D eigenvalue weighted by Crippen LogP contribution is -2.00. The van der Waals surface area contributed by atoms with Gasteiger partial charge in [0, 0.05) is 11.6 Å². The molecule has 2 rings (SSSR count). The highest BCUT2D eigenvalue weighted by Gasteiger charge is 2.20. The Morgan fingerprint density at radius 2 is 1.57 bits per heavy atom. The summed E-state index contributed by atoms with van der Waals surface area (Å²) in [6, 6.07) is 6.64. The number of halogens is 4. The Morgan fingerprint density at radius 1 is 0.952 bits per heavy atom. The van der Waals surface area contributed by atoms with E-state index in [1.54, 1.807) is 0 Å². The minimum absolute atomic E-state index is 0.0703. The van der Waals surface area contributed by atoms with Gasteiger partial charge in [-0.15, -0.1) is 11.6 Å². The van der Waals surface area contributed by atoms with Gasteiger partial charge in [0.15, 0.2) is 11.5 Å². The molecule has 1 unspecified atom stereocenters. The minimum atomic E-state index is -0.831. The monoisotopic (exact) mass is 332 g/mol. The average Bonchev–Trinajstić information content (AvgIpc) is 2.49. The molecule has 0 spiro atoms. The Bertz CT molecular complexity index is 662. The predicted octanol–water partition coefficient (Wildman–Crippen LogP) is 4.96. The lowest BCUT2D eigenvalue weighted by atomic mass is 10.0. The number of benzene rings is 2. The fraction of sp³-hybridized carbons (Fsp3) is 0.200. The summed E-state index contributed by atoms with van der Waals surface area (Å²) in [7, 11) is 2.85. The second-order valence-corrected chi connectivity index (χ2v) is 5.11. The van der Waals surface area contributed by atoms with Crippen molar-refractivity contribution in [3.8, 4) is 11.5 Å². The van der Waals surface area contributed by atoms with Crippen LogP contribution < -0.4 is 9.47 Å². The molecule has 1 atom stereocenters. The van der Waals surface area contributed by atoms with Gasteiger partial charge >= 0.3 is 0 Å². The molecule has 0 saturated carbocycles. The maximum Gasteiger partial charge on any atom is 0.163 e. The van der Waals surface area contributed by atoms with Crippen molar-refractivity contribution in [3.63, 3.8) is 0 Å². The van der Waals surface area contributed by atoms with E-state index in [2.05, 4.69) is 0 Å². The van der Waals surface area contributed by atoms with Crippen LogP contribution in [0.25, 0.3) is 0 Å². The molecule has 112 valence electrons. The summed E-state index contributed by atoms with van der Waals surface area (Å²) in [5, 5.41) is -0.901. The topological polar surface area (TPSA) is 18.5 Å². The molecule has 0 fully saturated rings. The second-order valence-electron chi connectivity index (χ2n) is 4.26. The fourth-order valence-electron chi connectivity index (χ4n) is 1.91. The Morgan fingerprint density at radius 3 is 2.14 bits per heavy atom. The molecule has 0 heterocycles. The predicted molar refractivity (Wildman–Crippen MR) is 78.6 cm³/mol. The van der Waals surface area contributed by atoms with Gasteiger partial charge in [-0.2, -0.15) is 0 Å². The molecule has 0 aliphatic carbocycles. The third-order valence-electron chi connectivity index (χ3n) is 3.01. The van der Waals surface area contributed by atoms with E-state index in [0.717, 1.165) is 0 Å². The van der Waals surface area contributed by atoms with Gasteiger partial charge in [0.2, 0.25) is 0 Å². The van der Waals surface area contributed by atoms with Crippen LogP contribution in [0.2, 0.25) is 5.02 Å². The first-order valence-electron chi connectivity index (χ1n) is 5.98. The lowest BCUT2D eigenvalue weighted by Gasteiger charge is -2.15. The number of hydrogen-bond acceptors (Lipinski definition) is 2. The second kappa shape index (κ2) is 6.50. The summed E-state index contributed by atoms with van der Waals surface area (Å²) in [5.41, 5.74) is 0.672. The number of alkyl halides is 1. The van der Waals surface area contributed by atoms with E-state index in [1.807, 2.05) is 0 Å². The largest absolute Gasteiger partial charge is 0.493 e. The van der Waals surface area contributed by atoms with Crippen LogP contribution in [0, 0.1) is 11.6 Å². The molecule has 0 aliphatic heterocycles. The van der Waals surface area contributed by atoms with Crippen molar-refractivity contribution >= 4 is 23.2 Å². The Labute approximate surface area is 131 Å². The van der Waals surface area contributed by atoms with Gasteiger partial charge in [-0.05, 0) is 23.8 Å². The lowest BCUT2D eigenvalue weighted by molar-refractivity contribution is 0.351. The quantitative estimate of drug-likeness (QED) is 0.736. The van der Waals surface area contributed by atoms with E-state index < -0.39 is 17.0 Å². The molecule has 0 amide bonds. The third kappa shape index (κ3) is 3.22. The molecular formula is C15H12Cl2F2O2. The molecule has 0 aromatic heterocycles. The van der Waals surface area contributed by atoms with Gasteiger partial charge in [0.05, 0.1) is 24.6 Å². The first-order chi connectivity index (χ1) is 9.97. The Kier molecular flexibility index (Phi) is 4.91. The van der Waals surface area contributed by atoms with Crippen LogP contribution in [0.3, 0.4) is 0 Å². The zero-order chi connectivity index (χ0) is 15.6. The van der Waals surface area contributed by atoms with Crippen molar-refractivity contribution in [3.05, 3.63) is 58.1 Å². The van der Waals surface area contributed by atoms with Gasteiger partial charge in [0.25, 0.3) is 0 Å². The van der Waals surface area contributed by atoms with Crippen LogP contribution in [-0.4, -0.2) is 14.2 Å². The molecule has 2 aromatic rings. The molecule has 0 N–H and O–H groups in total. The zero-order valence-electron chi connectivity index (χ0n) is 11.3. The minimum Gasteiger partial charge on any atom is -0.493 e. The van der Waals surface area contributed by atoms with Crippen molar-refractivity contribution < 1.29 is 18.3 Å². The van der Waals surface area contributed by atoms with Crippen LogP contribution in [0.5, 0.6) is 11.5 Å². The normalized spacial score (nSPS) is 12.1. The van der Waals surface area contributed by atoms with Gasteiger partial charge in [-0.3, -0.25) is 0 Å². The first kappa shape index (κ1) is 15.9. The van der Waals surface area contributed by atoms with E-state index in [9.17, 15) is 8.78 Å². The maximum absolute atomic E-state index is 14.1. The van der Waals surface area contributed by atoms with Crippen LogP contribution in [-0.2, 0) is 0 Å². The van der Waals surface area contributed by atoms with E-state index >= 15 is 0 Å². The van der Waals surface area contributed by atoms with Crippen LogP contribution in [0.4, 0.5) is 8.78 Å². The summed E-state index contributed by atoms with van der Waals surface area (Å²) in [6.07, 6.45) is 0. The van der Waals surface area contributed by atoms with Crippen LogP contribution in [0.15, 0.2) is 30.3 Å². The smallest absolute Gasteiger partial charge is 0.163 e. The standard InChI is InChI=1S/C15H12Cl2F2O2/c1-20-13-6-9(12(19)7-14(13)21-2)15(17)8-3-4-11(18)10(16)5-8/h3-7,15H,1-2H3. The molecule has 2 nitrogen and oxygen atoms in total. The highest BCUT2D eigenvalue weighted by atomic mass is 35.5.